The van der Waals surface area contributed by atoms with E-state index in [9.17, 15) is 0 Å². The molecule has 2 nitrogen and oxygen atoms in total. The standard InChI is InChI=1S/C16H14N2/c1-12-11-17-16(13-7-3-2-4-8-13)14-9-5-6-10-15(14)18-12/h2-10H,11H2,1H3. The Bertz CT molecular complexity index is 625. The number of fused-ring (bicyclic) bond motifs is 1. The average Bonchev–Trinajstić information content (AvgIpc) is 2.58. The van der Waals surface area contributed by atoms with E-state index in [0.717, 1.165) is 28.2 Å². The molecule has 88 valence electrons. The molecule has 2 heteroatoms. The molecule has 0 unspecified atom stereocenters. The fraction of sp³-hybridized carbons (Fsp3) is 0.125. The Morgan fingerprint density at radius 1 is 0.889 bits per heavy atom. The van der Waals surface area contributed by atoms with Crippen LogP contribution in [0.25, 0.3) is 0 Å². The molecule has 0 spiro atoms. The zero-order valence-corrected chi connectivity index (χ0v) is 10.3. The quantitative estimate of drug-likeness (QED) is 0.720. The smallest absolute Gasteiger partial charge is 0.0777 e. The zero-order valence-electron chi connectivity index (χ0n) is 10.3. The van der Waals surface area contributed by atoms with Crippen molar-refractivity contribution in [2.24, 2.45) is 9.98 Å². The molecule has 1 heterocycles. The molecule has 0 N–H and O–H groups in total. The van der Waals surface area contributed by atoms with E-state index in [0.29, 0.717) is 6.54 Å². The summed E-state index contributed by atoms with van der Waals surface area (Å²) < 4.78 is 0. The molecule has 0 fully saturated rings. The Hall–Kier alpha value is -2.22. The average molecular weight is 234 g/mol. The van der Waals surface area contributed by atoms with Gasteiger partial charge >= 0.3 is 0 Å². The molecule has 0 saturated heterocycles. The highest BCUT2D eigenvalue weighted by atomic mass is 14.9. The predicted octanol–water partition coefficient (Wildman–Crippen LogP) is 3.63. The van der Waals surface area contributed by atoms with E-state index in [-0.39, 0.29) is 0 Å². The van der Waals surface area contributed by atoms with E-state index in [1.807, 2.05) is 43.3 Å². The maximum Gasteiger partial charge on any atom is 0.0777 e. The summed E-state index contributed by atoms with van der Waals surface area (Å²) in [6.07, 6.45) is 0. The SMILES string of the molecule is CC1=Nc2ccccc2C(c2ccccc2)=NC1. The molecule has 1 aliphatic rings. The van der Waals surface area contributed by atoms with Crippen LogP contribution in [-0.4, -0.2) is 18.0 Å². The second kappa shape index (κ2) is 4.57. The maximum atomic E-state index is 4.70. The van der Waals surface area contributed by atoms with E-state index in [2.05, 4.69) is 23.2 Å². The first kappa shape index (κ1) is 10.9. The number of benzene rings is 2. The van der Waals surface area contributed by atoms with Crippen LogP contribution < -0.4 is 0 Å². The lowest BCUT2D eigenvalue weighted by atomic mass is 10.0. The van der Waals surface area contributed by atoms with Crippen LogP contribution in [0.5, 0.6) is 0 Å². The van der Waals surface area contributed by atoms with Crippen molar-refractivity contribution in [2.45, 2.75) is 6.92 Å². The van der Waals surface area contributed by atoms with Gasteiger partial charge in [0, 0.05) is 16.8 Å². The van der Waals surface area contributed by atoms with Crippen molar-refractivity contribution < 1.29 is 0 Å². The summed E-state index contributed by atoms with van der Waals surface area (Å²) in [4.78, 5) is 9.32. The van der Waals surface area contributed by atoms with Gasteiger partial charge in [0.05, 0.1) is 17.9 Å². The summed E-state index contributed by atoms with van der Waals surface area (Å²) in [5.41, 5.74) is 5.35. The fourth-order valence-corrected chi connectivity index (χ4v) is 2.13. The van der Waals surface area contributed by atoms with E-state index in [1.165, 1.54) is 0 Å². The summed E-state index contributed by atoms with van der Waals surface area (Å²) in [6.45, 7) is 2.69. The number of rotatable bonds is 1. The minimum absolute atomic E-state index is 0.666. The molecule has 0 aliphatic carbocycles. The lowest BCUT2D eigenvalue weighted by Gasteiger charge is -2.07. The molecule has 1 aliphatic heterocycles. The molecule has 0 atom stereocenters. The van der Waals surface area contributed by atoms with Gasteiger partial charge in [-0.25, -0.2) is 0 Å². The van der Waals surface area contributed by atoms with Crippen LogP contribution in [0, 0.1) is 0 Å². The van der Waals surface area contributed by atoms with Crippen LogP contribution in [0.2, 0.25) is 0 Å². The van der Waals surface area contributed by atoms with Gasteiger partial charge in [0.2, 0.25) is 0 Å². The number of hydrogen-bond acceptors (Lipinski definition) is 2. The Morgan fingerprint density at radius 3 is 2.44 bits per heavy atom. The van der Waals surface area contributed by atoms with Crippen molar-refractivity contribution in [2.75, 3.05) is 6.54 Å². The third kappa shape index (κ3) is 1.97. The van der Waals surface area contributed by atoms with Gasteiger partial charge in [0.15, 0.2) is 0 Å². The molecular weight excluding hydrogens is 220 g/mol. The molecular formula is C16H14N2. The van der Waals surface area contributed by atoms with Crippen LogP contribution in [0.3, 0.4) is 0 Å². The lowest BCUT2D eigenvalue weighted by molar-refractivity contribution is 1.28. The van der Waals surface area contributed by atoms with E-state index in [4.69, 9.17) is 4.99 Å². The minimum atomic E-state index is 0.666. The van der Waals surface area contributed by atoms with E-state index in [1.54, 1.807) is 0 Å². The van der Waals surface area contributed by atoms with Gasteiger partial charge in [-0.1, -0.05) is 48.5 Å². The Kier molecular flexibility index (Phi) is 2.77. The monoisotopic (exact) mass is 234 g/mol. The van der Waals surface area contributed by atoms with Crippen molar-refractivity contribution >= 4 is 17.1 Å². The highest BCUT2D eigenvalue weighted by Gasteiger charge is 2.13. The second-order valence-corrected chi connectivity index (χ2v) is 4.40. The molecule has 2 aromatic rings. The van der Waals surface area contributed by atoms with Gasteiger partial charge in [-0.3, -0.25) is 9.98 Å². The topological polar surface area (TPSA) is 24.7 Å². The number of para-hydroxylation sites is 1. The Labute approximate surface area is 107 Å². The zero-order chi connectivity index (χ0) is 12.4. The summed E-state index contributed by atoms with van der Waals surface area (Å²) in [5.74, 6) is 0. The predicted molar refractivity (Wildman–Crippen MR) is 76.2 cm³/mol. The van der Waals surface area contributed by atoms with Crippen molar-refractivity contribution in [3.05, 3.63) is 65.7 Å². The molecule has 2 aromatic carbocycles. The Morgan fingerprint density at radius 2 is 1.61 bits per heavy atom. The summed E-state index contributed by atoms with van der Waals surface area (Å²) in [5, 5.41) is 0. The largest absolute Gasteiger partial charge is 0.278 e. The normalized spacial score (nSPS) is 14.3. The van der Waals surface area contributed by atoms with Gasteiger partial charge in [0.1, 0.15) is 0 Å². The highest BCUT2D eigenvalue weighted by Crippen LogP contribution is 2.24. The minimum Gasteiger partial charge on any atom is -0.278 e. The van der Waals surface area contributed by atoms with Crippen molar-refractivity contribution in [3.63, 3.8) is 0 Å². The van der Waals surface area contributed by atoms with Crippen molar-refractivity contribution in [1.29, 1.82) is 0 Å². The van der Waals surface area contributed by atoms with Crippen LogP contribution in [0.4, 0.5) is 5.69 Å². The molecule has 3 rings (SSSR count). The third-order valence-electron chi connectivity index (χ3n) is 2.98. The van der Waals surface area contributed by atoms with Crippen LogP contribution in [0.15, 0.2) is 64.6 Å². The number of aliphatic imine (C=N–C) groups is 2. The molecule has 0 bridgehead atoms. The first-order valence-corrected chi connectivity index (χ1v) is 6.08. The first-order valence-electron chi connectivity index (χ1n) is 6.08. The fourth-order valence-electron chi connectivity index (χ4n) is 2.13. The summed E-state index contributed by atoms with van der Waals surface area (Å²) in [7, 11) is 0. The third-order valence-corrected chi connectivity index (χ3v) is 2.98. The second-order valence-electron chi connectivity index (χ2n) is 4.40. The molecule has 0 saturated carbocycles. The van der Waals surface area contributed by atoms with Crippen LogP contribution >= 0.6 is 0 Å². The van der Waals surface area contributed by atoms with Gasteiger partial charge in [-0.05, 0) is 13.0 Å². The molecule has 18 heavy (non-hydrogen) atoms. The summed E-state index contributed by atoms with van der Waals surface area (Å²) in [6, 6.07) is 18.5. The number of hydrogen-bond donors (Lipinski definition) is 0. The highest BCUT2D eigenvalue weighted by molar-refractivity contribution is 6.17. The lowest BCUT2D eigenvalue weighted by Crippen LogP contribution is -2.04. The molecule has 0 aromatic heterocycles. The van der Waals surface area contributed by atoms with E-state index < -0.39 is 0 Å². The maximum absolute atomic E-state index is 4.70. The first-order chi connectivity index (χ1) is 8.84. The van der Waals surface area contributed by atoms with E-state index >= 15 is 0 Å². The van der Waals surface area contributed by atoms with Gasteiger partial charge in [0.25, 0.3) is 0 Å². The van der Waals surface area contributed by atoms with Crippen LogP contribution in [0.1, 0.15) is 18.1 Å². The van der Waals surface area contributed by atoms with Gasteiger partial charge in [-0.15, -0.1) is 0 Å². The molecule has 0 amide bonds. The number of nitrogens with zero attached hydrogens (tertiary/aromatic N) is 2. The van der Waals surface area contributed by atoms with Crippen molar-refractivity contribution in [1.82, 2.24) is 0 Å². The van der Waals surface area contributed by atoms with Gasteiger partial charge in [-0.2, -0.15) is 0 Å². The van der Waals surface area contributed by atoms with Crippen molar-refractivity contribution in [3.8, 4) is 0 Å². The molecule has 0 radical (unpaired) electrons. The van der Waals surface area contributed by atoms with Gasteiger partial charge < -0.3 is 0 Å². The van der Waals surface area contributed by atoms with Crippen LogP contribution in [-0.2, 0) is 0 Å². The summed E-state index contributed by atoms with van der Waals surface area (Å²) >= 11 is 0. The Balaban J connectivity index is 2.19.